The number of aromatic nitrogens is 2. The van der Waals surface area contributed by atoms with Gasteiger partial charge >= 0.3 is 0 Å². The average molecular weight is 416 g/mol. The third-order valence-electron chi connectivity index (χ3n) is 4.92. The van der Waals surface area contributed by atoms with E-state index in [1.54, 1.807) is 23.9 Å². The van der Waals surface area contributed by atoms with Crippen LogP contribution in [0.3, 0.4) is 0 Å². The molecule has 0 amide bonds. The Labute approximate surface area is 178 Å². The zero-order chi connectivity index (χ0) is 21.1. The van der Waals surface area contributed by atoms with Gasteiger partial charge in [0.1, 0.15) is 12.1 Å². The molecule has 0 bridgehead atoms. The number of benzene rings is 3. The molecule has 0 unspecified atom stereocenters. The number of thioether (sulfide) groups is 1. The van der Waals surface area contributed by atoms with Crippen molar-refractivity contribution in [3.05, 3.63) is 90.0 Å². The summed E-state index contributed by atoms with van der Waals surface area (Å²) in [5.41, 5.74) is 11.9. The summed E-state index contributed by atoms with van der Waals surface area (Å²) in [7, 11) is 0. The van der Waals surface area contributed by atoms with Crippen molar-refractivity contribution in [3.63, 3.8) is 0 Å². The number of hydrogen-bond donors (Lipinski definition) is 2. The summed E-state index contributed by atoms with van der Waals surface area (Å²) in [6, 6.07) is 20.1. The van der Waals surface area contributed by atoms with Crippen LogP contribution in [0.15, 0.2) is 78.0 Å². The predicted molar refractivity (Wildman–Crippen MR) is 122 cm³/mol. The van der Waals surface area contributed by atoms with Gasteiger partial charge in [0.2, 0.25) is 0 Å². The highest BCUT2D eigenvalue weighted by molar-refractivity contribution is 7.98. The Morgan fingerprint density at radius 2 is 1.67 bits per heavy atom. The zero-order valence-electron chi connectivity index (χ0n) is 16.3. The minimum Gasteiger partial charge on any atom is -0.398 e. The predicted octanol–water partition coefficient (Wildman–Crippen LogP) is 3.81. The number of halogens is 1. The molecule has 148 valence electrons. The first-order valence-electron chi connectivity index (χ1n) is 9.31. The summed E-state index contributed by atoms with van der Waals surface area (Å²) < 4.78 is 13.4. The number of rotatable bonds is 5. The van der Waals surface area contributed by atoms with Gasteiger partial charge in [-0.3, -0.25) is 5.41 Å². The number of nitrogens with two attached hydrogens (primary N) is 2. The molecule has 0 radical (unpaired) electrons. The lowest BCUT2D eigenvalue weighted by Gasteiger charge is -2.10. The van der Waals surface area contributed by atoms with Crippen molar-refractivity contribution in [1.29, 1.82) is 0 Å². The zero-order valence-corrected chi connectivity index (χ0v) is 17.2. The molecule has 30 heavy (non-hydrogen) atoms. The highest BCUT2D eigenvalue weighted by Gasteiger charge is 2.13. The second kappa shape index (κ2) is 8.47. The maximum absolute atomic E-state index is 13.4. The van der Waals surface area contributed by atoms with E-state index >= 15 is 0 Å². The molecule has 4 N–H and O–H groups in total. The van der Waals surface area contributed by atoms with E-state index in [-0.39, 0.29) is 5.82 Å². The van der Waals surface area contributed by atoms with Gasteiger partial charge < -0.3 is 5.73 Å². The molecule has 1 aromatic heterocycles. The lowest BCUT2D eigenvalue weighted by atomic mass is 9.97. The lowest BCUT2D eigenvalue weighted by molar-refractivity contribution is -0.103. The molecular formula is C24H20FN4S+. The molecule has 0 aliphatic heterocycles. The van der Waals surface area contributed by atoms with Gasteiger partial charge in [-0.2, -0.15) is 0 Å². The fourth-order valence-corrected chi connectivity index (χ4v) is 3.74. The van der Waals surface area contributed by atoms with Crippen molar-refractivity contribution in [2.45, 2.75) is 4.90 Å². The first-order chi connectivity index (χ1) is 14.6. The Bertz CT molecular complexity index is 1250. The first kappa shape index (κ1) is 19.8. The minimum atomic E-state index is -0.291. The fourth-order valence-electron chi connectivity index (χ4n) is 3.33. The van der Waals surface area contributed by atoms with Gasteiger partial charge in [-0.1, -0.05) is 18.2 Å². The fraction of sp³-hybridized carbons (Fsp3) is 0.0417. The molecule has 0 aliphatic rings. The molecule has 6 heteroatoms. The van der Waals surface area contributed by atoms with E-state index in [0.717, 1.165) is 43.8 Å². The van der Waals surface area contributed by atoms with Crippen molar-refractivity contribution in [1.82, 2.24) is 9.97 Å². The number of nitrogens with zero attached hydrogens (tertiary/aromatic N) is 2. The van der Waals surface area contributed by atoms with Crippen LogP contribution >= 0.6 is 11.8 Å². The van der Waals surface area contributed by atoms with Crippen LogP contribution in [0, 0.1) is 5.82 Å². The van der Waals surface area contributed by atoms with E-state index in [0.29, 0.717) is 5.70 Å². The molecular weight excluding hydrogens is 395 g/mol. The van der Waals surface area contributed by atoms with Crippen LogP contribution in [-0.4, -0.2) is 22.4 Å². The SMILES string of the molecule is CSc1ccc(C(N)=C(C=[NH2+])c2ccc3ncnc(-c4ccc(F)cc4)c3c2)cc1. The van der Waals surface area contributed by atoms with Crippen molar-refractivity contribution in [3.8, 4) is 11.3 Å². The van der Waals surface area contributed by atoms with E-state index in [1.807, 2.05) is 48.7 Å². The molecule has 0 aliphatic carbocycles. The number of allylic oxidation sites excluding steroid dienone is 1. The number of fused-ring (bicyclic) bond motifs is 1. The van der Waals surface area contributed by atoms with Crippen molar-refractivity contribution < 1.29 is 9.80 Å². The standard InChI is InChI=1S/C24H19FN4S/c1-30-19-9-4-15(5-10-19)23(27)21(13-26)17-6-11-22-20(12-17)24(29-14-28-22)16-2-7-18(25)8-3-16/h2-14,26H,27H2,1H3/p+1. The Kier molecular flexibility index (Phi) is 5.59. The van der Waals surface area contributed by atoms with Crippen LogP contribution in [0.4, 0.5) is 4.39 Å². The molecule has 0 saturated heterocycles. The smallest absolute Gasteiger partial charge is 0.170 e. The number of hydrogen-bond acceptors (Lipinski definition) is 4. The maximum Gasteiger partial charge on any atom is 0.170 e. The molecule has 0 saturated carbocycles. The van der Waals surface area contributed by atoms with E-state index in [4.69, 9.17) is 11.1 Å². The summed E-state index contributed by atoms with van der Waals surface area (Å²) in [5.74, 6) is -0.291. The van der Waals surface area contributed by atoms with Crippen LogP contribution in [-0.2, 0) is 0 Å². The summed E-state index contributed by atoms with van der Waals surface area (Å²) in [6.07, 6.45) is 5.05. The van der Waals surface area contributed by atoms with Crippen LogP contribution in [0.1, 0.15) is 11.1 Å². The molecule has 0 spiro atoms. The summed E-state index contributed by atoms with van der Waals surface area (Å²) in [4.78, 5) is 9.95. The molecule has 1 heterocycles. The second-order valence-corrected chi connectivity index (χ2v) is 7.56. The third kappa shape index (κ3) is 3.82. The Balaban J connectivity index is 1.86. The Morgan fingerprint density at radius 3 is 2.33 bits per heavy atom. The van der Waals surface area contributed by atoms with Crippen LogP contribution in [0.25, 0.3) is 33.4 Å². The molecule has 3 aromatic carbocycles. The maximum atomic E-state index is 13.4. The minimum absolute atomic E-state index is 0.291. The van der Waals surface area contributed by atoms with Crippen molar-refractivity contribution in [2.75, 3.05) is 6.26 Å². The summed E-state index contributed by atoms with van der Waals surface area (Å²) >= 11 is 1.67. The largest absolute Gasteiger partial charge is 0.398 e. The highest BCUT2D eigenvalue weighted by atomic mass is 32.2. The summed E-state index contributed by atoms with van der Waals surface area (Å²) in [5, 5.41) is 6.81. The normalized spacial score (nSPS) is 11.9. The third-order valence-corrected chi connectivity index (χ3v) is 5.67. The first-order valence-corrected chi connectivity index (χ1v) is 10.5. The van der Waals surface area contributed by atoms with Crippen LogP contribution in [0.2, 0.25) is 0 Å². The monoisotopic (exact) mass is 415 g/mol. The van der Waals surface area contributed by atoms with Crippen LogP contribution < -0.4 is 11.1 Å². The molecule has 0 atom stereocenters. The van der Waals surface area contributed by atoms with Crippen molar-refractivity contribution >= 4 is 40.1 Å². The molecule has 4 aromatic rings. The highest BCUT2D eigenvalue weighted by Crippen LogP contribution is 2.30. The Morgan fingerprint density at radius 1 is 0.967 bits per heavy atom. The van der Waals surface area contributed by atoms with E-state index < -0.39 is 0 Å². The summed E-state index contributed by atoms with van der Waals surface area (Å²) in [6.45, 7) is 0. The topological polar surface area (TPSA) is 77.4 Å². The average Bonchev–Trinajstić information content (AvgIpc) is 2.79. The van der Waals surface area contributed by atoms with Gasteiger partial charge in [-0.15, -0.1) is 11.8 Å². The molecule has 4 rings (SSSR count). The van der Waals surface area contributed by atoms with Gasteiger partial charge in [0.05, 0.1) is 22.5 Å². The van der Waals surface area contributed by atoms with Gasteiger partial charge in [-0.25, -0.2) is 14.4 Å². The van der Waals surface area contributed by atoms with Crippen LogP contribution in [0.5, 0.6) is 0 Å². The van der Waals surface area contributed by atoms with Gasteiger partial charge in [0.15, 0.2) is 6.21 Å². The quantitative estimate of drug-likeness (QED) is 0.295. The van der Waals surface area contributed by atoms with E-state index in [1.165, 1.54) is 24.7 Å². The van der Waals surface area contributed by atoms with Crippen molar-refractivity contribution in [2.24, 2.45) is 5.73 Å². The van der Waals surface area contributed by atoms with Gasteiger partial charge in [0, 0.05) is 15.8 Å². The van der Waals surface area contributed by atoms with E-state index in [9.17, 15) is 4.39 Å². The molecule has 4 nitrogen and oxygen atoms in total. The Hall–Kier alpha value is -3.51. The second-order valence-electron chi connectivity index (χ2n) is 6.68. The lowest BCUT2D eigenvalue weighted by Crippen LogP contribution is -2.31. The van der Waals surface area contributed by atoms with Gasteiger partial charge in [-0.05, 0) is 65.9 Å². The van der Waals surface area contributed by atoms with Gasteiger partial charge in [0.25, 0.3) is 0 Å². The molecule has 0 fully saturated rings. The van der Waals surface area contributed by atoms with E-state index in [2.05, 4.69) is 9.97 Å².